The first-order valence-electron chi connectivity index (χ1n) is 3.54. The molecule has 1 nitrogen and oxygen atoms in total. The van der Waals surface area contributed by atoms with Gasteiger partial charge in [0.25, 0.3) is 0 Å². The van der Waals surface area contributed by atoms with Crippen molar-refractivity contribution in [2.45, 2.75) is 0 Å². The van der Waals surface area contributed by atoms with Crippen LogP contribution >= 0.6 is 13.0 Å². The minimum atomic E-state index is 0.0840. The predicted molar refractivity (Wildman–Crippen MR) is 53.2 cm³/mol. The van der Waals surface area contributed by atoms with Gasteiger partial charge in [0, 0.05) is 0 Å². The fourth-order valence-corrected chi connectivity index (χ4v) is 4.75. The Hall–Kier alpha value is 0.270. The van der Waals surface area contributed by atoms with Gasteiger partial charge in [-0.15, -0.1) is 0 Å². The van der Waals surface area contributed by atoms with Crippen molar-refractivity contribution >= 4 is 16.9 Å². The summed E-state index contributed by atoms with van der Waals surface area (Å²) in [7, 11) is 4.17. The zero-order chi connectivity index (χ0) is 8.97. The number of hydrogen-bond donors (Lipinski definition) is 0. The van der Waals surface area contributed by atoms with Gasteiger partial charge in [-0.2, -0.15) is 0 Å². The zero-order valence-electron chi connectivity index (χ0n) is 7.01. The quantitative estimate of drug-likeness (QED) is 0.676. The molecule has 0 spiro atoms. The van der Waals surface area contributed by atoms with Gasteiger partial charge in [0.05, 0.1) is 0 Å². The first-order valence-corrected chi connectivity index (χ1v) is 9.36. The van der Waals surface area contributed by atoms with Gasteiger partial charge in [-0.1, -0.05) is 0 Å². The van der Waals surface area contributed by atoms with Crippen LogP contribution in [0.5, 0.6) is 0 Å². The van der Waals surface area contributed by atoms with Gasteiger partial charge in [-0.25, -0.2) is 0 Å². The molecule has 0 saturated carbocycles. The minimum absolute atomic E-state index is 0.0840. The summed E-state index contributed by atoms with van der Waals surface area (Å²) in [6.45, 7) is 0. The van der Waals surface area contributed by atoms with Gasteiger partial charge >= 0.3 is 88.9 Å². The predicted octanol–water partition coefficient (Wildman–Crippen LogP) is 2.12. The third-order valence-electron chi connectivity index (χ3n) is 1.40. The molecular weight excluding hydrogens is 399 g/mol. The van der Waals surface area contributed by atoms with E-state index in [-0.39, 0.29) is 17.2 Å². The second-order valence-electron chi connectivity index (χ2n) is 2.57. The third kappa shape index (κ3) is 2.64. The van der Waals surface area contributed by atoms with Crippen LogP contribution in [-0.2, 0) is 17.2 Å². The summed E-state index contributed by atoms with van der Waals surface area (Å²) in [6.07, 6.45) is 0. The molecular formula is C9H11AuBrN. The molecule has 1 aromatic carbocycles. The van der Waals surface area contributed by atoms with Crippen molar-refractivity contribution in [3.63, 3.8) is 0 Å². The second-order valence-corrected chi connectivity index (χ2v) is 5.96. The molecule has 0 unspecified atom stereocenters. The molecule has 3 heteroatoms. The maximum atomic E-state index is 3.57. The summed E-state index contributed by atoms with van der Waals surface area (Å²) in [5.74, 6) is 0. The standard InChI is InChI=1S/C9H11N.Au.BrH/c1-10(2)8-9-6-4-3-5-7-9;;/h3-7H,1-2H3;;1H/q;+1;/p-1. The van der Waals surface area contributed by atoms with E-state index in [4.69, 9.17) is 0 Å². The summed E-state index contributed by atoms with van der Waals surface area (Å²) >= 11 is 3.66. The zero-order valence-corrected chi connectivity index (χ0v) is 10.8. The van der Waals surface area contributed by atoms with Crippen LogP contribution in [0.15, 0.2) is 30.3 Å². The van der Waals surface area contributed by atoms with E-state index < -0.39 is 0 Å². The summed E-state index contributed by atoms with van der Waals surface area (Å²) in [4.78, 5) is 2.17. The second kappa shape index (κ2) is 5.10. The average molecular weight is 410 g/mol. The fraction of sp³-hybridized carbons (Fsp3) is 0.222. The van der Waals surface area contributed by atoms with Crippen LogP contribution in [0.1, 0.15) is 5.56 Å². The van der Waals surface area contributed by atoms with Gasteiger partial charge in [-0.3, -0.25) is 0 Å². The monoisotopic (exact) mass is 409 g/mol. The van der Waals surface area contributed by atoms with Crippen LogP contribution in [0.25, 0.3) is 0 Å². The SMILES string of the molecule is CN(C)[C](=[Au][Br])c1ccccc1. The van der Waals surface area contributed by atoms with E-state index in [0.717, 1.165) is 0 Å². The third-order valence-corrected chi connectivity index (χ3v) is 5.24. The molecule has 0 aliphatic carbocycles. The molecule has 0 radical (unpaired) electrons. The number of nitrogens with zero attached hydrogens (tertiary/aromatic N) is 1. The Morgan fingerprint density at radius 2 is 1.83 bits per heavy atom. The number of halogens is 1. The van der Waals surface area contributed by atoms with Gasteiger partial charge in [0.2, 0.25) is 0 Å². The molecule has 0 aromatic heterocycles. The molecule has 0 bridgehead atoms. The van der Waals surface area contributed by atoms with Crippen molar-refractivity contribution in [2.75, 3.05) is 14.1 Å². The fourth-order valence-electron chi connectivity index (χ4n) is 0.905. The van der Waals surface area contributed by atoms with Gasteiger partial charge in [0.1, 0.15) is 0 Å². The Labute approximate surface area is 88.6 Å². The van der Waals surface area contributed by atoms with E-state index in [1.165, 1.54) is 9.41 Å². The summed E-state index contributed by atoms with van der Waals surface area (Å²) in [5.41, 5.74) is 1.32. The molecule has 0 heterocycles. The first kappa shape index (κ1) is 10.4. The van der Waals surface area contributed by atoms with E-state index in [0.29, 0.717) is 0 Å². The summed E-state index contributed by atoms with van der Waals surface area (Å²) < 4.78 is 1.40. The number of benzene rings is 1. The van der Waals surface area contributed by atoms with Crippen molar-refractivity contribution in [1.29, 1.82) is 0 Å². The molecule has 12 heavy (non-hydrogen) atoms. The topological polar surface area (TPSA) is 3.24 Å². The van der Waals surface area contributed by atoms with Crippen LogP contribution in [0.2, 0.25) is 0 Å². The molecule has 0 amide bonds. The van der Waals surface area contributed by atoms with E-state index in [2.05, 4.69) is 56.3 Å². The van der Waals surface area contributed by atoms with E-state index >= 15 is 0 Å². The summed E-state index contributed by atoms with van der Waals surface area (Å²) in [5, 5.41) is 0. The van der Waals surface area contributed by atoms with Crippen LogP contribution in [0.3, 0.4) is 0 Å². The van der Waals surface area contributed by atoms with Crippen molar-refractivity contribution in [2.24, 2.45) is 0 Å². The molecule has 1 aromatic rings. The van der Waals surface area contributed by atoms with Crippen LogP contribution in [0, 0.1) is 0 Å². The first-order chi connectivity index (χ1) is 5.75. The van der Waals surface area contributed by atoms with Crippen molar-refractivity contribution in [3.05, 3.63) is 35.9 Å². The molecule has 0 aliphatic heterocycles. The Morgan fingerprint density at radius 1 is 1.25 bits per heavy atom. The molecule has 0 saturated heterocycles. The van der Waals surface area contributed by atoms with E-state index in [1.54, 1.807) is 0 Å². The maximum absolute atomic E-state index is 3.57. The Bertz CT molecular complexity index is 269. The van der Waals surface area contributed by atoms with Gasteiger partial charge in [0.15, 0.2) is 0 Å². The van der Waals surface area contributed by atoms with Crippen LogP contribution in [-0.4, -0.2) is 22.8 Å². The van der Waals surface area contributed by atoms with Crippen molar-refractivity contribution < 1.29 is 17.2 Å². The molecule has 0 fully saturated rings. The van der Waals surface area contributed by atoms with Crippen LogP contribution < -0.4 is 0 Å². The van der Waals surface area contributed by atoms with Gasteiger partial charge < -0.3 is 0 Å². The van der Waals surface area contributed by atoms with Crippen molar-refractivity contribution in [1.82, 2.24) is 4.90 Å². The average Bonchev–Trinajstić information content (AvgIpc) is 2.07. The van der Waals surface area contributed by atoms with E-state index in [1.807, 2.05) is 6.07 Å². The molecule has 0 atom stereocenters. The molecule has 70 valence electrons. The van der Waals surface area contributed by atoms with E-state index in [9.17, 15) is 0 Å². The molecule has 0 aliphatic rings. The van der Waals surface area contributed by atoms with Gasteiger partial charge in [-0.05, 0) is 0 Å². The normalized spacial score (nSPS) is 13.5. The Morgan fingerprint density at radius 3 is 2.25 bits per heavy atom. The molecule has 0 N–H and O–H groups in total. The number of hydrogen-bond acceptors (Lipinski definition) is 1. The Balaban J connectivity index is 2.97. The van der Waals surface area contributed by atoms with Crippen LogP contribution in [0.4, 0.5) is 0 Å². The Kier molecular flexibility index (Phi) is 4.40. The number of rotatable bonds is 2. The van der Waals surface area contributed by atoms with Crippen molar-refractivity contribution in [3.8, 4) is 0 Å². The molecule has 1 rings (SSSR count). The summed E-state index contributed by atoms with van der Waals surface area (Å²) in [6, 6.07) is 10.5.